The van der Waals surface area contributed by atoms with Crippen molar-refractivity contribution >= 4 is 64.0 Å². The molecule has 1 aromatic rings. The van der Waals surface area contributed by atoms with Gasteiger partial charge in [-0.25, -0.2) is 0 Å². The minimum atomic E-state index is 0.0697. The van der Waals surface area contributed by atoms with E-state index in [1.165, 1.54) is 12.1 Å². The van der Waals surface area contributed by atoms with Crippen LogP contribution < -0.4 is 4.74 Å². The van der Waals surface area contributed by atoms with Crippen LogP contribution >= 0.6 is 59.6 Å². The maximum absolute atomic E-state index is 5.78. The van der Waals surface area contributed by atoms with Crippen LogP contribution in [-0.2, 0) is 0 Å². The summed E-state index contributed by atoms with van der Waals surface area (Å²) < 4.78 is 5.07. The summed E-state index contributed by atoms with van der Waals surface area (Å²) in [4.78, 5) is 0. The Morgan fingerprint density at radius 2 is 1.69 bits per heavy atom. The highest BCUT2D eigenvalue weighted by atomic mass is 35.5. The van der Waals surface area contributed by atoms with E-state index in [4.69, 9.17) is 39.5 Å². The van der Waals surface area contributed by atoms with Gasteiger partial charge in [0.15, 0.2) is 0 Å². The molecule has 0 saturated carbocycles. The van der Waals surface area contributed by atoms with Gasteiger partial charge in [0.1, 0.15) is 5.75 Å². The van der Waals surface area contributed by atoms with Gasteiger partial charge < -0.3 is 4.74 Å². The monoisotopic (exact) mass is 272 g/mol. The minimum absolute atomic E-state index is 0.0697. The van der Waals surface area contributed by atoms with Crippen molar-refractivity contribution in [2.75, 3.05) is 0 Å². The van der Waals surface area contributed by atoms with Crippen LogP contribution in [0.3, 0.4) is 0 Å². The van der Waals surface area contributed by atoms with Crippen molar-refractivity contribution in [1.82, 2.24) is 0 Å². The van der Waals surface area contributed by atoms with Crippen molar-refractivity contribution in [2.24, 2.45) is 0 Å². The van der Waals surface area contributed by atoms with E-state index in [1.807, 2.05) is 0 Å². The van der Waals surface area contributed by atoms with Crippen LogP contribution in [-0.4, -0.2) is 4.38 Å². The second-order valence-electron chi connectivity index (χ2n) is 2.06. The second-order valence-corrected chi connectivity index (χ2v) is 4.37. The first-order valence-electron chi connectivity index (χ1n) is 3.06. The van der Waals surface area contributed by atoms with Crippen LogP contribution in [0.5, 0.6) is 5.75 Å². The van der Waals surface area contributed by atoms with E-state index in [0.717, 1.165) is 0 Å². The number of thiocarbonyl (C=S) groups is 1. The molecule has 6 heteroatoms. The molecule has 0 bridgehead atoms. The second kappa shape index (κ2) is 4.71. The molecule has 0 aliphatic heterocycles. The molecular weight excluding hydrogens is 271 g/mol. The topological polar surface area (TPSA) is 9.23 Å². The van der Waals surface area contributed by atoms with Gasteiger partial charge in [-0.15, -0.1) is 0 Å². The minimum Gasteiger partial charge on any atom is -0.439 e. The van der Waals surface area contributed by atoms with E-state index in [9.17, 15) is 0 Å². The van der Waals surface area contributed by atoms with E-state index in [2.05, 4.69) is 24.8 Å². The van der Waals surface area contributed by atoms with Crippen molar-refractivity contribution in [3.63, 3.8) is 0 Å². The Bertz CT molecular complexity index is 354. The number of thiol groups is 1. The first-order chi connectivity index (χ1) is 6.00. The van der Waals surface area contributed by atoms with Crippen LogP contribution in [0, 0.1) is 0 Å². The molecule has 0 fully saturated rings. The highest BCUT2D eigenvalue weighted by Crippen LogP contribution is 2.34. The quantitative estimate of drug-likeness (QED) is 0.465. The van der Waals surface area contributed by atoms with Crippen molar-refractivity contribution in [3.8, 4) is 5.75 Å². The fourth-order valence-corrected chi connectivity index (χ4v) is 1.44. The Hall–Kier alpha value is 0.330. The standard InChI is InChI=1S/C7H3Cl3OS2/c8-3-1-5(10)6(2-4(3)9)11-7(12)13/h1-2H,(H,12,13). The average Bonchev–Trinajstić information content (AvgIpc) is 1.99. The molecule has 0 unspecified atom stereocenters. The maximum Gasteiger partial charge on any atom is 0.222 e. The van der Waals surface area contributed by atoms with Crippen molar-refractivity contribution in [3.05, 3.63) is 27.2 Å². The predicted molar refractivity (Wildman–Crippen MR) is 63.7 cm³/mol. The van der Waals surface area contributed by atoms with Gasteiger partial charge in [0, 0.05) is 6.07 Å². The largest absolute Gasteiger partial charge is 0.439 e. The smallest absolute Gasteiger partial charge is 0.222 e. The Labute approximate surface area is 101 Å². The zero-order valence-corrected chi connectivity index (χ0v) is 10.0. The Balaban J connectivity index is 3.08. The first-order valence-corrected chi connectivity index (χ1v) is 5.05. The normalized spacial score (nSPS) is 9.85. The van der Waals surface area contributed by atoms with Crippen molar-refractivity contribution < 1.29 is 4.74 Å². The molecule has 0 aromatic heterocycles. The van der Waals surface area contributed by atoms with Gasteiger partial charge in [-0.3, -0.25) is 0 Å². The van der Waals surface area contributed by atoms with Crippen LogP contribution in [0.4, 0.5) is 0 Å². The van der Waals surface area contributed by atoms with Gasteiger partial charge in [-0.05, 0) is 18.3 Å². The fraction of sp³-hybridized carbons (Fsp3) is 0. The van der Waals surface area contributed by atoms with E-state index < -0.39 is 0 Å². The lowest BCUT2D eigenvalue weighted by Gasteiger charge is -2.05. The SMILES string of the molecule is S=C(S)Oc1cc(Cl)c(Cl)cc1Cl. The van der Waals surface area contributed by atoms with Gasteiger partial charge in [0.2, 0.25) is 4.38 Å². The molecule has 0 spiro atoms. The Morgan fingerprint density at radius 1 is 1.15 bits per heavy atom. The summed E-state index contributed by atoms with van der Waals surface area (Å²) in [5.41, 5.74) is 0. The summed E-state index contributed by atoms with van der Waals surface area (Å²) in [5.74, 6) is 0.344. The highest BCUT2D eigenvalue weighted by Gasteiger charge is 2.07. The molecule has 0 heterocycles. The predicted octanol–water partition coefficient (Wildman–Crippen LogP) is 4.24. The lowest BCUT2D eigenvalue weighted by molar-refractivity contribution is 0.580. The number of halogens is 3. The van der Waals surface area contributed by atoms with Gasteiger partial charge >= 0.3 is 0 Å². The third-order valence-corrected chi connectivity index (χ3v) is 2.36. The third-order valence-electron chi connectivity index (χ3n) is 1.17. The van der Waals surface area contributed by atoms with Crippen LogP contribution in [0.2, 0.25) is 15.1 Å². The Kier molecular flexibility index (Phi) is 4.13. The number of hydrogen-bond acceptors (Lipinski definition) is 2. The molecule has 0 aliphatic rings. The highest BCUT2D eigenvalue weighted by molar-refractivity contribution is 8.10. The fourth-order valence-electron chi connectivity index (χ4n) is 0.677. The third kappa shape index (κ3) is 3.18. The summed E-state index contributed by atoms with van der Waals surface area (Å²) >= 11 is 25.6. The van der Waals surface area contributed by atoms with Crippen molar-refractivity contribution in [2.45, 2.75) is 0 Å². The Morgan fingerprint density at radius 3 is 2.23 bits per heavy atom. The summed E-state index contributed by atoms with van der Waals surface area (Å²) in [6.07, 6.45) is 0. The maximum atomic E-state index is 5.78. The molecule has 0 radical (unpaired) electrons. The molecule has 1 nitrogen and oxygen atoms in total. The average molecular weight is 274 g/mol. The number of rotatable bonds is 1. The molecule has 1 aromatic carbocycles. The molecule has 0 N–H and O–H groups in total. The molecule has 0 saturated heterocycles. The molecule has 0 atom stereocenters. The zero-order chi connectivity index (χ0) is 10.0. The van der Waals surface area contributed by atoms with Gasteiger partial charge in [-0.1, -0.05) is 47.4 Å². The number of hydrogen-bond donors (Lipinski definition) is 1. The van der Waals surface area contributed by atoms with Gasteiger partial charge in [0.25, 0.3) is 0 Å². The molecule has 0 aliphatic carbocycles. The lowest BCUT2D eigenvalue weighted by atomic mass is 10.3. The summed E-state index contributed by atoms with van der Waals surface area (Å²) in [6, 6.07) is 2.96. The lowest BCUT2D eigenvalue weighted by Crippen LogP contribution is -1.96. The molecular formula is C7H3Cl3OS2. The summed E-state index contributed by atoms with van der Waals surface area (Å²) in [7, 11) is 0. The number of ether oxygens (including phenoxy) is 1. The van der Waals surface area contributed by atoms with Gasteiger partial charge in [0.05, 0.1) is 15.1 Å². The van der Waals surface area contributed by atoms with E-state index >= 15 is 0 Å². The van der Waals surface area contributed by atoms with Crippen LogP contribution in [0.25, 0.3) is 0 Å². The van der Waals surface area contributed by atoms with E-state index in [1.54, 1.807) is 0 Å². The molecule has 1 rings (SSSR count). The van der Waals surface area contributed by atoms with Crippen molar-refractivity contribution in [1.29, 1.82) is 0 Å². The summed E-state index contributed by atoms with van der Waals surface area (Å²) in [5, 5.41) is 1.06. The van der Waals surface area contributed by atoms with Gasteiger partial charge in [-0.2, -0.15) is 0 Å². The number of benzene rings is 1. The molecule has 0 amide bonds. The van der Waals surface area contributed by atoms with Crippen LogP contribution in [0.15, 0.2) is 12.1 Å². The molecule has 70 valence electrons. The van der Waals surface area contributed by atoms with E-state index in [0.29, 0.717) is 20.8 Å². The molecule has 13 heavy (non-hydrogen) atoms. The van der Waals surface area contributed by atoms with E-state index in [-0.39, 0.29) is 4.38 Å². The zero-order valence-electron chi connectivity index (χ0n) is 6.05. The van der Waals surface area contributed by atoms with Crippen LogP contribution in [0.1, 0.15) is 0 Å². The summed E-state index contributed by atoms with van der Waals surface area (Å²) in [6.45, 7) is 0. The first kappa shape index (κ1) is 11.4.